The molecule has 5 atom stereocenters. The van der Waals surface area contributed by atoms with Crippen LogP contribution in [0.2, 0.25) is 0 Å². The van der Waals surface area contributed by atoms with Gasteiger partial charge in [-0.2, -0.15) is 0 Å². The molecule has 3 N–H and O–H groups in total. The van der Waals surface area contributed by atoms with E-state index in [0.717, 1.165) is 49.7 Å². The molecule has 0 amide bonds. The molecule has 6 heteroatoms. The molecule has 0 heterocycles. The van der Waals surface area contributed by atoms with E-state index >= 15 is 0 Å². The van der Waals surface area contributed by atoms with Gasteiger partial charge in [0.25, 0.3) is 0 Å². The number of carbonyl (C=O) groups is 1. The molecular weight excluding hydrogens is 428 g/mol. The number of carbonyl (C=O) groups excluding carboxylic acids is 1. The van der Waals surface area contributed by atoms with Gasteiger partial charge in [0, 0.05) is 17.7 Å². The van der Waals surface area contributed by atoms with E-state index in [1.165, 1.54) is 0 Å². The average molecular weight is 467 g/mol. The first kappa shape index (κ1) is 26.8. The summed E-state index contributed by atoms with van der Waals surface area (Å²) in [7, 11) is 0. The molecule has 0 aliphatic heterocycles. The number of rotatable bonds is 14. The summed E-state index contributed by atoms with van der Waals surface area (Å²) in [4.78, 5) is 11.4. The molecule has 1 fully saturated rings. The van der Waals surface area contributed by atoms with Gasteiger partial charge in [0.2, 0.25) is 0 Å². The molecule has 5 nitrogen and oxygen atoms in total. The minimum absolute atomic E-state index is 0.0260. The molecule has 180 valence electrons. The fourth-order valence-corrected chi connectivity index (χ4v) is 4.93. The van der Waals surface area contributed by atoms with Gasteiger partial charge >= 0.3 is 5.97 Å². The van der Waals surface area contributed by atoms with Crippen LogP contribution in [0.1, 0.15) is 87.9 Å². The molecule has 0 radical (unpaired) electrons. The van der Waals surface area contributed by atoms with E-state index < -0.39 is 12.2 Å². The molecule has 1 aromatic carbocycles. The Bertz CT molecular complexity index is 690. The molecule has 32 heavy (non-hydrogen) atoms. The molecule has 1 aliphatic carbocycles. The van der Waals surface area contributed by atoms with Crippen molar-refractivity contribution < 1.29 is 24.9 Å². The lowest BCUT2D eigenvalue weighted by Gasteiger charge is -2.23. The quantitative estimate of drug-likeness (QED) is 0.155. The Balaban J connectivity index is 1.88. The Morgan fingerprint density at radius 1 is 1.22 bits per heavy atom. The zero-order valence-corrected chi connectivity index (χ0v) is 19.9. The van der Waals surface area contributed by atoms with Crippen molar-refractivity contribution in [1.29, 1.82) is 0 Å². The van der Waals surface area contributed by atoms with Gasteiger partial charge in [-0.1, -0.05) is 62.6 Å². The van der Waals surface area contributed by atoms with Crippen molar-refractivity contribution in [2.45, 2.75) is 88.2 Å². The van der Waals surface area contributed by atoms with Crippen LogP contribution in [-0.2, 0) is 9.53 Å². The third-order valence-corrected chi connectivity index (χ3v) is 6.78. The number of hydrogen-bond donors (Lipinski definition) is 3. The largest absolute Gasteiger partial charge is 0.463 e. The van der Waals surface area contributed by atoms with Gasteiger partial charge < -0.3 is 20.1 Å². The van der Waals surface area contributed by atoms with E-state index in [9.17, 15) is 15.0 Å². The van der Waals surface area contributed by atoms with Crippen LogP contribution < -0.4 is 0 Å². The monoisotopic (exact) mass is 466 g/mol. The van der Waals surface area contributed by atoms with Crippen LogP contribution in [0, 0.1) is 5.92 Å². The van der Waals surface area contributed by atoms with Crippen LogP contribution >= 0.6 is 11.6 Å². The zero-order valence-electron chi connectivity index (χ0n) is 19.2. The third kappa shape index (κ3) is 8.51. The van der Waals surface area contributed by atoms with E-state index in [1.54, 1.807) is 0 Å². The van der Waals surface area contributed by atoms with E-state index in [-0.39, 0.29) is 36.4 Å². The van der Waals surface area contributed by atoms with Crippen LogP contribution in [0.25, 0.3) is 0 Å². The molecule has 1 aliphatic rings. The lowest BCUT2D eigenvalue weighted by Crippen LogP contribution is -2.18. The van der Waals surface area contributed by atoms with Gasteiger partial charge in [-0.3, -0.25) is 4.79 Å². The Kier molecular flexibility index (Phi) is 12.3. The van der Waals surface area contributed by atoms with Gasteiger partial charge in [-0.15, -0.1) is 11.6 Å². The molecule has 1 saturated carbocycles. The average Bonchev–Trinajstić information content (AvgIpc) is 3.07. The van der Waals surface area contributed by atoms with E-state index in [1.807, 2.05) is 24.3 Å². The Morgan fingerprint density at radius 3 is 2.66 bits per heavy atom. The van der Waals surface area contributed by atoms with Crippen molar-refractivity contribution in [2.75, 3.05) is 13.2 Å². The van der Waals surface area contributed by atoms with Crippen LogP contribution in [0.4, 0.5) is 0 Å². The second kappa shape index (κ2) is 14.7. The Morgan fingerprint density at radius 2 is 1.97 bits per heavy atom. The second-order valence-electron chi connectivity index (χ2n) is 8.73. The number of esters is 1. The topological polar surface area (TPSA) is 87.0 Å². The summed E-state index contributed by atoms with van der Waals surface area (Å²) < 4.78 is 4.84. The highest BCUT2D eigenvalue weighted by molar-refractivity contribution is 6.21. The first-order valence-electron chi connectivity index (χ1n) is 12.0. The summed E-state index contributed by atoms with van der Waals surface area (Å²) in [5, 5.41) is 29.6. The maximum Gasteiger partial charge on any atom is 0.305 e. The number of unbranched alkanes of at least 4 members (excludes halogenated alkanes) is 3. The minimum atomic E-state index is -0.475. The number of alkyl halides is 1. The van der Waals surface area contributed by atoms with Gasteiger partial charge in [0.05, 0.1) is 18.8 Å². The number of benzene rings is 1. The van der Waals surface area contributed by atoms with Gasteiger partial charge in [0.15, 0.2) is 0 Å². The summed E-state index contributed by atoms with van der Waals surface area (Å²) in [6, 6.07) is 8.00. The van der Waals surface area contributed by atoms with E-state index in [4.69, 9.17) is 21.4 Å². The maximum absolute atomic E-state index is 11.4. The molecule has 0 spiro atoms. The highest BCUT2D eigenvalue weighted by Crippen LogP contribution is 2.45. The smallest absolute Gasteiger partial charge is 0.305 e. The third-order valence-electron chi connectivity index (χ3n) is 6.28. The summed E-state index contributed by atoms with van der Waals surface area (Å²) in [6.45, 7) is 2.05. The normalized spacial score (nSPS) is 24.2. The molecule has 2 rings (SSSR count). The SMILES string of the molecule is CCCCC[C@@H](O)c1ccc(C2C(C/C=C\CCCC(=O)OCCO)[C@H](Cl)C[C@H]2O)cc1. The van der Waals surface area contributed by atoms with Gasteiger partial charge in [-0.05, 0) is 49.1 Å². The molecule has 2 unspecified atom stereocenters. The fourth-order valence-electron chi connectivity index (χ4n) is 4.49. The Labute approximate surface area is 197 Å². The summed E-state index contributed by atoms with van der Waals surface area (Å²) in [6.07, 6.45) is 10.4. The highest BCUT2D eigenvalue weighted by atomic mass is 35.5. The molecule has 0 bridgehead atoms. The van der Waals surface area contributed by atoms with Crippen molar-refractivity contribution in [1.82, 2.24) is 0 Å². The molecule has 0 aromatic heterocycles. The zero-order chi connectivity index (χ0) is 23.3. The predicted molar refractivity (Wildman–Crippen MR) is 128 cm³/mol. The number of aliphatic hydroxyl groups excluding tert-OH is 3. The van der Waals surface area contributed by atoms with Gasteiger partial charge in [-0.25, -0.2) is 0 Å². The number of hydrogen-bond acceptors (Lipinski definition) is 5. The van der Waals surface area contributed by atoms with Crippen molar-refractivity contribution in [3.63, 3.8) is 0 Å². The van der Waals surface area contributed by atoms with Crippen LogP contribution in [0.5, 0.6) is 0 Å². The maximum atomic E-state index is 11.4. The highest BCUT2D eigenvalue weighted by Gasteiger charge is 2.41. The van der Waals surface area contributed by atoms with Crippen molar-refractivity contribution >= 4 is 17.6 Å². The van der Waals surface area contributed by atoms with Crippen molar-refractivity contribution in [3.05, 3.63) is 47.5 Å². The molecular formula is C26H39ClO5. The minimum Gasteiger partial charge on any atom is -0.463 e. The second-order valence-corrected chi connectivity index (χ2v) is 9.29. The number of halogens is 1. The fraction of sp³-hybridized carbons (Fsp3) is 0.654. The molecule has 1 aromatic rings. The summed E-state index contributed by atoms with van der Waals surface area (Å²) in [5.74, 6) is -0.175. The van der Waals surface area contributed by atoms with Gasteiger partial charge in [0.1, 0.15) is 6.61 Å². The summed E-state index contributed by atoms with van der Waals surface area (Å²) >= 11 is 6.59. The number of aliphatic hydroxyl groups is 3. The van der Waals surface area contributed by atoms with Crippen LogP contribution in [0.15, 0.2) is 36.4 Å². The van der Waals surface area contributed by atoms with Crippen LogP contribution in [0.3, 0.4) is 0 Å². The van der Waals surface area contributed by atoms with Crippen molar-refractivity contribution in [2.24, 2.45) is 5.92 Å². The lowest BCUT2D eigenvalue weighted by molar-refractivity contribution is -0.144. The first-order chi connectivity index (χ1) is 15.5. The number of ether oxygens (including phenoxy) is 1. The van der Waals surface area contributed by atoms with Crippen molar-refractivity contribution in [3.8, 4) is 0 Å². The number of allylic oxidation sites excluding steroid dienone is 2. The van der Waals surface area contributed by atoms with Crippen LogP contribution in [-0.4, -0.2) is 46.0 Å². The Hall–Kier alpha value is -1.40. The first-order valence-corrected chi connectivity index (χ1v) is 12.4. The van der Waals surface area contributed by atoms with E-state index in [2.05, 4.69) is 19.1 Å². The lowest BCUT2D eigenvalue weighted by atomic mass is 9.84. The molecule has 0 saturated heterocycles. The van der Waals surface area contributed by atoms with E-state index in [0.29, 0.717) is 19.3 Å². The standard InChI is InChI=1S/C26H39ClO5/c1-2-3-6-10-23(29)19-12-14-20(15-13-19)26-21(22(27)18-24(26)30)9-7-4-5-8-11-25(31)32-17-16-28/h4,7,12-15,21-24,26,28-30H,2-3,5-6,8-11,16-18H2,1H3/b7-4-/t21?,22-,23-,24-,26?/m1/s1. The summed E-state index contributed by atoms with van der Waals surface area (Å²) in [5.41, 5.74) is 1.99. The predicted octanol–water partition coefficient (Wildman–Crippen LogP) is 5.02.